The Balaban J connectivity index is 2.39. The number of hydrogen-bond acceptors (Lipinski definition) is 3. The molecule has 1 atom stereocenters. The zero-order valence-corrected chi connectivity index (χ0v) is 14.0. The van der Waals surface area contributed by atoms with E-state index in [4.69, 9.17) is 11.6 Å². The molecule has 0 aliphatic heterocycles. The minimum Gasteiger partial charge on any atom is -0.387 e. The van der Waals surface area contributed by atoms with Gasteiger partial charge in [-0.3, -0.25) is 4.79 Å². The average Bonchev–Trinajstić information content (AvgIpc) is 2.36. The number of amides is 1. The molecule has 0 spiro atoms. The molecular weight excluding hydrogens is 288 g/mol. The second-order valence-corrected chi connectivity index (χ2v) is 6.50. The molecule has 2 N–H and O–H groups in total. The minimum absolute atomic E-state index is 0.0641. The maximum Gasteiger partial charge on any atom is 0.220 e. The molecule has 0 fully saturated rings. The van der Waals surface area contributed by atoms with Gasteiger partial charge in [0.1, 0.15) is 0 Å². The van der Waals surface area contributed by atoms with Gasteiger partial charge in [-0.15, -0.1) is 0 Å². The number of hydrogen-bond donors (Lipinski definition) is 2. The van der Waals surface area contributed by atoms with E-state index in [0.717, 1.165) is 16.1 Å². The van der Waals surface area contributed by atoms with Crippen molar-refractivity contribution in [2.45, 2.75) is 32.3 Å². The Labute approximate surface area is 132 Å². The summed E-state index contributed by atoms with van der Waals surface area (Å²) in [5, 5.41) is 13.6. The van der Waals surface area contributed by atoms with Crippen LogP contribution in [0.4, 0.5) is 0 Å². The first-order valence-electron chi connectivity index (χ1n) is 7.08. The van der Waals surface area contributed by atoms with Gasteiger partial charge in [-0.2, -0.15) is 0 Å². The fraction of sp³-hybridized carbons (Fsp3) is 0.562. The van der Waals surface area contributed by atoms with Crippen LogP contribution in [0.5, 0.6) is 0 Å². The lowest BCUT2D eigenvalue weighted by atomic mass is 10.1. The number of benzene rings is 1. The maximum atomic E-state index is 11.8. The van der Waals surface area contributed by atoms with Crippen molar-refractivity contribution >= 4 is 17.5 Å². The fourth-order valence-corrected chi connectivity index (χ4v) is 2.37. The molecule has 0 bridgehead atoms. The van der Waals surface area contributed by atoms with Crippen LogP contribution in [0, 0.1) is 6.92 Å². The Morgan fingerprint density at radius 2 is 2.10 bits per heavy atom. The van der Waals surface area contributed by atoms with Gasteiger partial charge in [0.05, 0.1) is 5.60 Å². The first-order chi connectivity index (χ1) is 9.69. The Kier molecular flexibility index (Phi) is 6.65. The summed E-state index contributed by atoms with van der Waals surface area (Å²) in [6.07, 6.45) is 1.03. The van der Waals surface area contributed by atoms with Crippen molar-refractivity contribution in [1.82, 2.24) is 10.2 Å². The van der Waals surface area contributed by atoms with Gasteiger partial charge in [0, 0.05) is 24.5 Å². The first-order valence-corrected chi connectivity index (χ1v) is 7.46. The third kappa shape index (κ3) is 6.93. The van der Waals surface area contributed by atoms with Crippen molar-refractivity contribution in [1.29, 1.82) is 0 Å². The number of carbonyl (C=O) groups excluding carboxylic acids is 1. The SMILES string of the molecule is Cc1ccc(CCC(=O)NCC(C)(O)CN(C)C)cc1Cl. The van der Waals surface area contributed by atoms with E-state index in [9.17, 15) is 9.90 Å². The van der Waals surface area contributed by atoms with Crippen LogP contribution in [-0.4, -0.2) is 48.7 Å². The lowest BCUT2D eigenvalue weighted by molar-refractivity contribution is -0.122. The largest absolute Gasteiger partial charge is 0.387 e. The zero-order valence-electron chi connectivity index (χ0n) is 13.2. The van der Waals surface area contributed by atoms with E-state index in [-0.39, 0.29) is 12.5 Å². The van der Waals surface area contributed by atoms with Gasteiger partial charge < -0.3 is 15.3 Å². The van der Waals surface area contributed by atoms with Crippen molar-refractivity contribution in [3.8, 4) is 0 Å². The summed E-state index contributed by atoms with van der Waals surface area (Å²) in [6, 6.07) is 5.83. The second kappa shape index (κ2) is 7.78. The third-order valence-electron chi connectivity index (χ3n) is 3.20. The molecule has 21 heavy (non-hydrogen) atoms. The molecule has 0 saturated heterocycles. The quantitative estimate of drug-likeness (QED) is 0.810. The average molecular weight is 313 g/mol. The van der Waals surface area contributed by atoms with E-state index in [0.29, 0.717) is 19.4 Å². The van der Waals surface area contributed by atoms with Gasteiger partial charge in [0.2, 0.25) is 5.91 Å². The molecule has 4 nitrogen and oxygen atoms in total. The normalized spacial score (nSPS) is 14.0. The third-order valence-corrected chi connectivity index (χ3v) is 3.61. The molecule has 1 unspecified atom stereocenters. The van der Waals surface area contributed by atoms with Gasteiger partial charge in [0.25, 0.3) is 0 Å². The molecule has 0 aliphatic carbocycles. The van der Waals surface area contributed by atoms with Crippen LogP contribution in [0.2, 0.25) is 5.02 Å². The van der Waals surface area contributed by atoms with Crippen molar-refractivity contribution in [2.75, 3.05) is 27.2 Å². The van der Waals surface area contributed by atoms with Crippen molar-refractivity contribution in [3.05, 3.63) is 34.3 Å². The van der Waals surface area contributed by atoms with E-state index in [1.165, 1.54) is 0 Å². The number of halogens is 1. The van der Waals surface area contributed by atoms with E-state index in [2.05, 4.69) is 5.32 Å². The predicted octanol–water partition coefficient (Wildman–Crippen LogP) is 2.01. The molecule has 1 rings (SSSR count). The standard InChI is InChI=1S/C16H25ClN2O2/c1-12-5-6-13(9-14(12)17)7-8-15(20)18-10-16(2,21)11-19(3)4/h5-6,9,21H,7-8,10-11H2,1-4H3,(H,18,20). The van der Waals surface area contributed by atoms with Crippen LogP contribution in [0.1, 0.15) is 24.5 Å². The van der Waals surface area contributed by atoms with Crippen LogP contribution in [0.25, 0.3) is 0 Å². The fourth-order valence-electron chi connectivity index (χ4n) is 2.16. The van der Waals surface area contributed by atoms with E-state index in [1.54, 1.807) is 6.92 Å². The number of likely N-dealkylation sites (N-methyl/N-ethyl adjacent to an activating group) is 1. The maximum absolute atomic E-state index is 11.8. The topological polar surface area (TPSA) is 52.6 Å². The monoisotopic (exact) mass is 312 g/mol. The molecule has 0 radical (unpaired) electrons. The molecule has 1 aromatic rings. The molecule has 0 saturated carbocycles. The minimum atomic E-state index is -0.924. The van der Waals surface area contributed by atoms with Crippen molar-refractivity contribution in [3.63, 3.8) is 0 Å². The van der Waals surface area contributed by atoms with Gasteiger partial charge in [0.15, 0.2) is 0 Å². The van der Waals surface area contributed by atoms with Crippen LogP contribution in [0.15, 0.2) is 18.2 Å². The highest BCUT2D eigenvalue weighted by atomic mass is 35.5. The van der Waals surface area contributed by atoms with Gasteiger partial charge in [-0.25, -0.2) is 0 Å². The summed E-state index contributed by atoms with van der Waals surface area (Å²) in [7, 11) is 3.77. The molecule has 1 aromatic carbocycles. The van der Waals surface area contributed by atoms with Gasteiger partial charge >= 0.3 is 0 Å². The van der Waals surface area contributed by atoms with Gasteiger partial charge in [-0.05, 0) is 51.6 Å². The van der Waals surface area contributed by atoms with E-state index < -0.39 is 5.60 Å². The Morgan fingerprint density at radius 3 is 2.67 bits per heavy atom. The number of carbonyl (C=O) groups is 1. The predicted molar refractivity (Wildman–Crippen MR) is 86.7 cm³/mol. The number of nitrogens with one attached hydrogen (secondary N) is 1. The van der Waals surface area contributed by atoms with Crippen LogP contribution in [-0.2, 0) is 11.2 Å². The number of nitrogens with zero attached hydrogens (tertiary/aromatic N) is 1. The molecule has 0 heterocycles. The summed E-state index contributed by atoms with van der Waals surface area (Å²) < 4.78 is 0. The Bertz CT molecular complexity index is 487. The summed E-state index contributed by atoms with van der Waals surface area (Å²) >= 11 is 6.06. The summed E-state index contributed by atoms with van der Waals surface area (Å²) in [4.78, 5) is 13.7. The van der Waals surface area contributed by atoms with Gasteiger partial charge in [-0.1, -0.05) is 23.7 Å². The molecule has 1 amide bonds. The number of rotatable bonds is 7. The highest BCUT2D eigenvalue weighted by Gasteiger charge is 2.21. The number of aryl methyl sites for hydroxylation is 2. The van der Waals surface area contributed by atoms with E-state index in [1.807, 2.05) is 44.1 Å². The van der Waals surface area contributed by atoms with Crippen molar-refractivity contribution in [2.24, 2.45) is 0 Å². The summed E-state index contributed by atoms with van der Waals surface area (Å²) in [5.41, 5.74) is 1.15. The van der Waals surface area contributed by atoms with Crippen molar-refractivity contribution < 1.29 is 9.90 Å². The molecule has 5 heteroatoms. The summed E-state index contributed by atoms with van der Waals surface area (Å²) in [6.45, 7) is 4.41. The highest BCUT2D eigenvalue weighted by Crippen LogP contribution is 2.17. The first kappa shape index (κ1) is 18.0. The second-order valence-electron chi connectivity index (χ2n) is 6.09. The molecular formula is C16H25ClN2O2. The van der Waals surface area contributed by atoms with Crippen LogP contribution in [0.3, 0.4) is 0 Å². The Morgan fingerprint density at radius 1 is 1.43 bits per heavy atom. The molecule has 0 aliphatic rings. The van der Waals surface area contributed by atoms with E-state index >= 15 is 0 Å². The van der Waals surface area contributed by atoms with Crippen LogP contribution >= 0.6 is 11.6 Å². The summed E-state index contributed by atoms with van der Waals surface area (Å²) in [5.74, 6) is -0.0641. The lowest BCUT2D eigenvalue weighted by Gasteiger charge is -2.27. The smallest absolute Gasteiger partial charge is 0.220 e. The zero-order chi connectivity index (χ0) is 16.0. The lowest BCUT2D eigenvalue weighted by Crippen LogP contribution is -2.47. The Hall–Kier alpha value is -1.10. The highest BCUT2D eigenvalue weighted by molar-refractivity contribution is 6.31. The molecule has 118 valence electrons. The molecule has 0 aromatic heterocycles. The number of aliphatic hydroxyl groups is 1. The van der Waals surface area contributed by atoms with Crippen LogP contribution < -0.4 is 5.32 Å².